The molecular formula is C15H13IS. The molecule has 0 heterocycles. The van der Waals surface area contributed by atoms with E-state index in [4.69, 9.17) is 0 Å². The summed E-state index contributed by atoms with van der Waals surface area (Å²) < 4.78 is 1.26. The molecular weight excluding hydrogens is 339 g/mol. The van der Waals surface area contributed by atoms with Gasteiger partial charge in [0.1, 0.15) is 0 Å². The standard InChI is InChI=1S/C15H13IS/c16-15-8-6-12(7-9-15)10-14(11-17)13-4-2-1-3-5-13/h1-10,17H,11H2. The van der Waals surface area contributed by atoms with E-state index >= 15 is 0 Å². The number of thiol groups is 1. The largest absolute Gasteiger partial charge is 0.175 e. The minimum Gasteiger partial charge on any atom is -0.175 e. The molecule has 0 fully saturated rings. The average molecular weight is 352 g/mol. The highest BCUT2D eigenvalue weighted by molar-refractivity contribution is 14.1. The summed E-state index contributed by atoms with van der Waals surface area (Å²) in [4.78, 5) is 0. The maximum absolute atomic E-state index is 4.41. The van der Waals surface area contributed by atoms with Gasteiger partial charge in [0, 0.05) is 9.32 Å². The Hall–Kier alpha value is -0.740. The third kappa shape index (κ3) is 3.61. The maximum Gasteiger partial charge on any atom is 0.0160 e. The third-order valence-electron chi connectivity index (χ3n) is 2.53. The molecule has 0 saturated heterocycles. The summed E-state index contributed by atoms with van der Waals surface area (Å²) in [5.74, 6) is 0.746. The van der Waals surface area contributed by atoms with Gasteiger partial charge >= 0.3 is 0 Å². The summed E-state index contributed by atoms with van der Waals surface area (Å²) in [5, 5.41) is 0. The van der Waals surface area contributed by atoms with E-state index in [0.717, 1.165) is 5.75 Å². The second-order valence-electron chi connectivity index (χ2n) is 3.75. The number of hydrogen-bond acceptors (Lipinski definition) is 1. The second-order valence-corrected chi connectivity index (χ2v) is 5.31. The van der Waals surface area contributed by atoms with Gasteiger partial charge in [0.2, 0.25) is 0 Å². The fraction of sp³-hybridized carbons (Fsp3) is 0.0667. The van der Waals surface area contributed by atoms with E-state index in [1.807, 2.05) is 6.07 Å². The Labute approximate surface area is 121 Å². The van der Waals surface area contributed by atoms with Gasteiger partial charge < -0.3 is 0 Å². The van der Waals surface area contributed by atoms with Crippen LogP contribution < -0.4 is 0 Å². The molecule has 2 rings (SSSR count). The van der Waals surface area contributed by atoms with E-state index in [0.29, 0.717) is 0 Å². The zero-order valence-corrected chi connectivity index (χ0v) is 12.4. The zero-order valence-electron chi connectivity index (χ0n) is 9.31. The number of benzene rings is 2. The van der Waals surface area contributed by atoms with Gasteiger partial charge in [-0.3, -0.25) is 0 Å². The van der Waals surface area contributed by atoms with Crippen LogP contribution in [0.4, 0.5) is 0 Å². The van der Waals surface area contributed by atoms with Crippen molar-refractivity contribution >= 4 is 46.9 Å². The van der Waals surface area contributed by atoms with Crippen molar-refractivity contribution in [1.82, 2.24) is 0 Å². The highest BCUT2D eigenvalue weighted by Gasteiger charge is 1.99. The fourth-order valence-corrected chi connectivity index (χ4v) is 2.27. The minimum atomic E-state index is 0.746. The lowest BCUT2D eigenvalue weighted by Gasteiger charge is -2.04. The first-order valence-electron chi connectivity index (χ1n) is 5.42. The molecule has 2 heteroatoms. The van der Waals surface area contributed by atoms with Crippen molar-refractivity contribution in [2.24, 2.45) is 0 Å². The van der Waals surface area contributed by atoms with Gasteiger partial charge in [-0.2, -0.15) is 12.6 Å². The average Bonchev–Trinajstić information content (AvgIpc) is 2.39. The second kappa shape index (κ2) is 6.26. The van der Waals surface area contributed by atoms with Gasteiger partial charge in [-0.1, -0.05) is 48.5 Å². The Balaban J connectivity index is 2.33. The van der Waals surface area contributed by atoms with Crippen LogP contribution in [0.1, 0.15) is 11.1 Å². The molecule has 0 aliphatic rings. The molecule has 0 saturated carbocycles. The Morgan fingerprint density at radius 2 is 1.65 bits per heavy atom. The molecule has 0 unspecified atom stereocenters. The molecule has 0 atom stereocenters. The topological polar surface area (TPSA) is 0 Å². The third-order valence-corrected chi connectivity index (χ3v) is 3.59. The highest BCUT2D eigenvalue weighted by atomic mass is 127. The van der Waals surface area contributed by atoms with Crippen molar-refractivity contribution in [1.29, 1.82) is 0 Å². The lowest BCUT2D eigenvalue weighted by molar-refractivity contribution is 1.57. The monoisotopic (exact) mass is 352 g/mol. The van der Waals surface area contributed by atoms with Crippen LogP contribution in [-0.4, -0.2) is 5.75 Å². The summed E-state index contributed by atoms with van der Waals surface area (Å²) in [6.07, 6.45) is 2.19. The van der Waals surface area contributed by atoms with E-state index in [1.54, 1.807) is 0 Å². The van der Waals surface area contributed by atoms with Gasteiger partial charge in [0.25, 0.3) is 0 Å². The van der Waals surface area contributed by atoms with Crippen molar-refractivity contribution in [2.75, 3.05) is 5.75 Å². The van der Waals surface area contributed by atoms with Crippen molar-refractivity contribution in [3.05, 3.63) is 69.3 Å². The molecule has 0 aliphatic carbocycles. The number of hydrogen-bond donors (Lipinski definition) is 1. The molecule has 0 radical (unpaired) electrons. The molecule has 0 bridgehead atoms. The summed E-state index contributed by atoms with van der Waals surface area (Å²) in [6.45, 7) is 0. The van der Waals surface area contributed by atoms with Crippen LogP contribution in [0.25, 0.3) is 11.6 Å². The first-order chi connectivity index (χ1) is 8.29. The molecule has 0 N–H and O–H groups in total. The lowest BCUT2D eigenvalue weighted by atomic mass is 10.0. The SMILES string of the molecule is SCC(=Cc1ccc(I)cc1)c1ccccc1. The summed E-state index contributed by atoms with van der Waals surface area (Å²) >= 11 is 6.72. The van der Waals surface area contributed by atoms with E-state index in [9.17, 15) is 0 Å². The number of rotatable bonds is 3. The first-order valence-corrected chi connectivity index (χ1v) is 7.13. The summed E-state index contributed by atoms with van der Waals surface area (Å²) in [6, 6.07) is 18.9. The van der Waals surface area contributed by atoms with Crippen LogP contribution in [-0.2, 0) is 0 Å². The van der Waals surface area contributed by atoms with Gasteiger partial charge in [0.15, 0.2) is 0 Å². The van der Waals surface area contributed by atoms with E-state index in [2.05, 4.69) is 89.8 Å². The van der Waals surface area contributed by atoms with Crippen molar-refractivity contribution in [3.8, 4) is 0 Å². The van der Waals surface area contributed by atoms with Crippen LogP contribution in [0, 0.1) is 3.57 Å². The van der Waals surface area contributed by atoms with E-state index in [-0.39, 0.29) is 0 Å². The van der Waals surface area contributed by atoms with Gasteiger partial charge in [0.05, 0.1) is 0 Å². The molecule has 0 nitrogen and oxygen atoms in total. The predicted molar refractivity (Wildman–Crippen MR) is 87.3 cm³/mol. The van der Waals surface area contributed by atoms with Gasteiger partial charge in [-0.25, -0.2) is 0 Å². The van der Waals surface area contributed by atoms with Crippen molar-refractivity contribution in [3.63, 3.8) is 0 Å². The van der Waals surface area contributed by atoms with Crippen LogP contribution >= 0.6 is 35.2 Å². The lowest BCUT2D eigenvalue weighted by Crippen LogP contribution is -1.86. The molecule has 2 aromatic carbocycles. The van der Waals surface area contributed by atoms with Crippen LogP contribution in [0.2, 0.25) is 0 Å². The van der Waals surface area contributed by atoms with Crippen LogP contribution in [0.5, 0.6) is 0 Å². The number of halogens is 1. The Morgan fingerprint density at radius 3 is 2.24 bits per heavy atom. The zero-order chi connectivity index (χ0) is 12.1. The maximum atomic E-state index is 4.41. The molecule has 17 heavy (non-hydrogen) atoms. The molecule has 0 aliphatic heterocycles. The molecule has 0 amide bonds. The molecule has 2 aromatic rings. The Kier molecular flexibility index (Phi) is 4.68. The van der Waals surface area contributed by atoms with Crippen LogP contribution in [0.15, 0.2) is 54.6 Å². The molecule has 86 valence electrons. The van der Waals surface area contributed by atoms with Gasteiger partial charge in [-0.15, -0.1) is 0 Å². The van der Waals surface area contributed by atoms with Crippen LogP contribution in [0.3, 0.4) is 0 Å². The molecule has 0 spiro atoms. The van der Waals surface area contributed by atoms with Gasteiger partial charge in [-0.05, 0) is 51.4 Å². The summed E-state index contributed by atoms with van der Waals surface area (Å²) in [5.41, 5.74) is 3.70. The first kappa shape index (κ1) is 12.7. The Morgan fingerprint density at radius 1 is 1.00 bits per heavy atom. The quantitative estimate of drug-likeness (QED) is 0.460. The predicted octanol–water partition coefficient (Wildman–Crippen LogP) is 4.76. The van der Waals surface area contributed by atoms with Crippen molar-refractivity contribution < 1.29 is 0 Å². The summed E-state index contributed by atoms with van der Waals surface area (Å²) in [7, 11) is 0. The molecule has 0 aromatic heterocycles. The van der Waals surface area contributed by atoms with E-state index in [1.165, 1.54) is 20.3 Å². The van der Waals surface area contributed by atoms with Crippen molar-refractivity contribution in [2.45, 2.75) is 0 Å². The minimum absolute atomic E-state index is 0.746. The normalized spacial score (nSPS) is 11.5. The smallest absolute Gasteiger partial charge is 0.0160 e. The fourth-order valence-electron chi connectivity index (χ4n) is 1.63. The Bertz CT molecular complexity index is 500. The highest BCUT2D eigenvalue weighted by Crippen LogP contribution is 2.19. The van der Waals surface area contributed by atoms with E-state index < -0.39 is 0 Å².